The van der Waals surface area contributed by atoms with Gasteiger partial charge in [0.2, 0.25) is 0 Å². The van der Waals surface area contributed by atoms with Crippen LogP contribution in [0, 0.1) is 5.92 Å². The van der Waals surface area contributed by atoms with Crippen LogP contribution in [-0.2, 0) is 25.9 Å². The van der Waals surface area contributed by atoms with Gasteiger partial charge in [-0.25, -0.2) is 0 Å². The van der Waals surface area contributed by atoms with Crippen molar-refractivity contribution in [2.24, 2.45) is 5.92 Å². The van der Waals surface area contributed by atoms with Crippen LogP contribution in [0.3, 0.4) is 0 Å². The summed E-state index contributed by atoms with van der Waals surface area (Å²) >= 11 is 0. The predicted octanol–water partition coefficient (Wildman–Crippen LogP) is 4.20. The van der Waals surface area contributed by atoms with Crippen LogP contribution in [-0.4, -0.2) is 35.6 Å². The lowest BCUT2D eigenvalue weighted by molar-refractivity contribution is 0.0930. The van der Waals surface area contributed by atoms with E-state index in [2.05, 4.69) is 48.3 Å². The first kappa shape index (κ1) is 24.8. The van der Waals surface area contributed by atoms with Gasteiger partial charge < -0.3 is 19.0 Å². The first-order valence-corrected chi connectivity index (χ1v) is 12.3. The Hall–Kier alpha value is -3.32. The zero-order chi connectivity index (χ0) is 24.9. The number of nitrogens with zero attached hydrogens (tertiary/aromatic N) is 2. The lowest BCUT2D eigenvalue weighted by atomic mass is 10.0. The highest BCUT2D eigenvalue weighted by Crippen LogP contribution is 2.25. The molecule has 1 atom stereocenters. The Labute approximate surface area is 206 Å². The Balaban J connectivity index is 1.53. The molecule has 1 N–H and O–H groups in total. The molecule has 0 aliphatic carbocycles. The topological polar surface area (TPSA) is 76.7 Å². The van der Waals surface area contributed by atoms with E-state index in [4.69, 9.17) is 9.15 Å². The van der Waals surface area contributed by atoms with Crippen molar-refractivity contribution in [3.05, 3.63) is 87.2 Å². The van der Waals surface area contributed by atoms with Gasteiger partial charge in [0.25, 0.3) is 11.5 Å². The molecule has 0 unspecified atom stereocenters. The standard InChI is InChI=1S/C28H35N3O4/c1-19(2)16-21-7-9-22(10-8-21)18-30-12-11-23-27(25(34-4)17-26(32)31(23)14-13-30)28(33)29-20(3)24-6-5-15-35-24/h5-10,15,17,19-20H,11-14,16,18H2,1-4H3,(H,29,33)/t20-/m1/s1. The molecule has 0 radical (unpaired) electrons. The maximum absolute atomic E-state index is 13.3. The maximum atomic E-state index is 13.3. The Morgan fingerprint density at radius 3 is 2.49 bits per heavy atom. The molecule has 4 rings (SSSR count). The van der Waals surface area contributed by atoms with Gasteiger partial charge in [-0.15, -0.1) is 0 Å². The monoisotopic (exact) mass is 477 g/mol. The summed E-state index contributed by atoms with van der Waals surface area (Å²) in [6.07, 6.45) is 3.24. The van der Waals surface area contributed by atoms with Crippen molar-refractivity contribution >= 4 is 5.91 Å². The highest BCUT2D eigenvalue weighted by molar-refractivity contribution is 5.98. The van der Waals surface area contributed by atoms with Gasteiger partial charge in [-0.2, -0.15) is 0 Å². The number of carbonyl (C=O) groups excluding carboxylic acids is 1. The largest absolute Gasteiger partial charge is 0.496 e. The van der Waals surface area contributed by atoms with Crippen molar-refractivity contribution in [2.45, 2.75) is 52.7 Å². The number of rotatable bonds is 8. The minimum Gasteiger partial charge on any atom is -0.496 e. The van der Waals surface area contributed by atoms with Gasteiger partial charge in [0.15, 0.2) is 0 Å². The summed E-state index contributed by atoms with van der Waals surface area (Å²) in [5.74, 6) is 1.33. The quantitative estimate of drug-likeness (QED) is 0.526. The van der Waals surface area contributed by atoms with E-state index in [1.165, 1.54) is 24.3 Å². The zero-order valence-electron chi connectivity index (χ0n) is 21.0. The molecule has 3 heterocycles. The van der Waals surface area contributed by atoms with Crippen LogP contribution in [0.2, 0.25) is 0 Å². The Morgan fingerprint density at radius 1 is 1.09 bits per heavy atom. The molecule has 2 aromatic heterocycles. The first-order chi connectivity index (χ1) is 16.9. The van der Waals surface area contributed by atoms with E-state index < -0.39 is 0 Å². The smallest absolute Gasteiger partial charge is 0.257 e. The molecule has 35 heavy (non-hydrogen) atoms. The lowest BCUT2D eigenvalue weighted by Crippen LogP contribution is -2.32. The van der Waals surface area contributed by atoms with Crippen LogP contribution < -0.4 is 15.6 Å². The van der Waals surface area contributed by atoms with Crippen molar-refractivity contribution < 1.29 is 13.9 Å². The summed E-state index contributed by atoms with van der Waals surface area (Å²) in [5, 5.41) is 2.99. The molecule has 3 aromatic rings. The highest BCUT2D eigenvalue weighted by atomic mass is 16.5. The van der Waals surface area contributed by atoms with E-state index in [0.29, 0.717) is 41.7 Å². The zero-order valence-corrected chi connectivity index (χ0v) is 21.0. The summed E-state index contributed by atoms with van der Waals surface area (Å²) < 4.78 is 12.6. The lowest BCUT2D eigenvalue weighted by Gasteiger charge is -2.19. The number of amides is 1. The third kappa shape index (κ3) is 5.85. The molecule has 0 saturated heterocycles. The molecule has 1 amide bonds. The number of furan rings is 1. The van der Waals surface area contributed by atoms with Crippen LogP contribution >= 0.6 is 0 Å². The second-order valence-corrected chi connectivity index (χ2v) is 9.68. The van der Waals surface area contributed by atoms with E-state index in [1.807, 2.05) is 13.0 Å². The molecule has 7 heteroatoms. The normalized spacial score (nSPS) is 14.9. The van der Waals surface area contributed by atoms with Crippen molar-refractivity contribution in [3.8, 4) is 5.75 Å². The molecule has 0 fully saturated rings. The number of benzene rings is 1. The number of methoxy groups -OCH3 is 1. The fourth-order valence-electron chi connectivity index (χ4n) is 4.74. The number of aromatic nitrogens is 1. The summed E-state index contributed by atoms with van der Waals surface area (Å²) in [4.78, 5) is 28.6. The number of ether oxygens (including phenoxy) is 1. The highest BCUT2D eigenvalue weighted by Gasteiger charge is 2.26. The van der Waals surface area contributed by atoms with Gasteiger partial charge in [0.1, 0.15) is 17.1 Å². The molecule has 7 nitrogen and oxygen atoms in total. The summed E-state index contributed by atoms with van der Waals surface area (Å²) in [7, 11) is 1.49. The van der Waals surface area contributed by atoms with Gasteiger partial charge in [0.05, 0.1) is 19.4 Å². The van der Waals surface area contributed by atoms with Gasteiger partial charge >= 0.3 is 0 Å². The molecule has 0 saturated carbocycles. The number of pyridine rings is 1. The van der Waals surface area contributed by atoms with Crippen molar-refractivity contribution in [2.75, 3.05) is 20.2 Å². The fraction of sp³-hybridized carbons (Fsp3) is 0.429. The number of nitrogens with one attached hydrogen (secondary N) is 1. The van der Waals surface area contributed by atoms with Crippen molar-refractivity contribution in [1.29, 1.82) is 0 Å². The first-order valence-electron chi connectivity index (χ1n) is 12.3. The maximum Gasteiger partial charge on any atom is 0.257 e. The van der Waals surface area contributed by atoms with Gasteiger partial charge in [-0.05, 0) is 42.5 Å². The van der Waals surface area contributed by atoms with Crippen LogP contribution in [0.1, 0.15) is 59.8 Å². The van der Waals surface area contributed by atoms with E-state index in [0.717, 1.165) is 26.1 Å². The summed E-state index contributed by atoms with van der Waals surface area (Å²) in [5.41, 5.74) is 3.59. The summed E-state index contributed by atoms with van der Waals surface area (Å²) in [6.45, 7) is 9.13. The van der Waals surface area contributed by atoms with Gasteiger partial charge in [-0.1, -0.05) is 38.1 Å². The number of hydrogen-bond donors (Lipinski definition) is 1. The molecule has 0 bridgehead atoms. The molecule has 1 aromatic carbocycles. The average molecular weight is 478 g/mol. The minimum absolute atomic E-state index is 0.146. The predicted molar refractivity (Wildman–Crippen MR) is 136 cm³/mol. The van der Waals surface area contributed by atoms with E-state index in [1.54, 1.807) is 16.9 Å². The molecule has 0 spiro atoms. The van der Waals surface area contributed by atoms with Crippen molar-refractivity contribution in [1.82, 2.24) is 14.8 Å². The van der Waals surface area contributed by atoms with E-state index >= 15 is 0 Å². The molecule has 186 valence electrons. The third-order valence-electron chi connectivity index (χ3n) is 6.52. The van der Waals surface area contributed by atoms with Gasteiger partial charge in [0, 0.05) is 44.4 Å². The van der Waals surface area contributed by atoms with Crippen LogP contribution in [0.4, 0.5) is 0 Å². The third-order valence-corrected chi connectivity index (χ3v) is 6.52. The molecule has 1 aliphatic rings. The van der Waals surface area contributed by atoms with Crippen molar-refractivity contribution in [3.63, 3.8) is 0 Å². The molecular formula is C28H35N3O4. The number of hydrogen-bond acceptors (Lipinski definition) is 5. The summed E-state index contributed by atoms with van der Waals surface area (Å²) in [6, 6.07) is 13.5. The second-order valence-electron chi connectivity index (χ2n) is 9.68. The fourth-order valence-corrected chi connectivity index (χ4v) is 4.74. The Morgan fingerprint density at radius 2 is 1.83 bits per heavy atom. The molecular weight excluding hydrogens is 442 g/mol. The van der Waals surface area contributed by atoms with Crippen LogP contribution in [0.15, 0.2) is 57.9 Å². The number of fused-ring (bicyclic) bond motifs is 1. The van der Waals surface area contributed by atoms with E-state index in [9.17, 15) is 9.59 Å². The number of carbonyl (C=O) groups is 1. The van der Waals surface area contributed by atoms with Gasteiger partial charge in [-0.3, -0.25) is 14.5 Å². The molecule has 1 aliphatic heterocycles. The average Bonchev–Trinajstić information content (AvgIpc) is 3.29. The van der Waals surface area contributed by atoms with Crippen LogP contribution in [0.5, 0.6) is 5.75 Å². The Kier molecular flexibility index (Phi) is 7.76. The Bertz CT molecular complexity index is 1200. The van der Waals surface area contributed by atoms with E-state index in [-0.39, 0.29) is 17.5 Å². The SMILES string of the molecule is COc1cc(=O)n2c(c1C(=O)N[C@H](C)c1ccco1)CCN(Cc1ccc(CC(C)C)cc1)CC2. The second kappa shape index (κ2) is 11.0. The van der Waals surface area contributed by atoms with Crippen LogP contribution in [0.25, 0.3) is 0 Å². The minimum atomic E-state index is -0.310.